The van der Waals surface area contributed by atoms with Gasteiger partial charge in [0, 0.05) is 17.7 Å². The van der Waals surface area contributed by atoms with Gasteiger partial charge in [0.25, 0.3) is 0 Å². The largest absolute Gasteiger partial charge is 0.208 e. The summed E-state index contributed by atoms with van der Waals surface area (Å²) in [6.07, 6.45) is 4.04. The van der Waals surface area contributed by atoms with Crippen molar-refractivity contribution in [1.82, 2.24) is 0 Å². The minimum absolute atomic E-state index is 1.11. The van der Waals surface area contributed by atoms with E-state index in [0.717, 1.165) is 5.56 Å². The van der Waals surface area contributed by atoms with Crippen LogP contribution < -0.4 is 4.57 Å². The molecule has 1 aromatic heterocycles. The van der Waals surface area contributed by atoms with Gasteiger partial charge in [0.2, 0.25) is 0 Å². The molecule has 2 heteroatoms. The number of rotatable bonds is 0. The van der Waals surface area contributed by atoms with Gasteiger partial charge in [-0.2, -0.15) is 0 Å². The summed E-state index contributed by atoms with van der Waals surface area (Å²) < 4.78 is 2.01. The van der Waals surface area contributed by atoms with Gasteiger partial charge in [-0.05, 0) is 0 Å². The normalized spacial score (nSPS) is 10.5. The average Bonchev–Trinajstić information content (AvgIpc) is 2.02. The summed E-state index contributed by atoms with van der Waals surface area (Å²) in [5.41, 5.74) is 4.45. The molecule has 0 unspecified atom stereocenters. The maximum atomic E-state index is 3.34. The predicted octanol–water partition coefficient (Wildman–Crippen LogP) is 1.74. The Hall–Kier alpha value is -1.07. The van der Waals surface area contributed by atoms with Crippen LogP contribution >= 0.6 is 0 Å². The first kappa shape index (κ1) is 10.0. The van der Waals surface area contributed by atoms with Crippen LogP contribution in [0.3, 0.4) is 0 Å². The van der Waals surface area contributed by atoms with E-state index in [4.69, 9.17) is 0 Å². The van der Waals surface area contributed by atoms with Crippen molar-refractivity contribution in [3.63, 3.8) is 0 Å². The van der Waals surface area contributed by atoms with Gasteiger partial charge >= 0.3 is 0 Å². The molecule has 0 aliphatic rings. The summed E-state index contributed by atoms with van der Waals surface area (Å²) in [6, 6.07) is 4.10. The molecule has 0 saturated heterocycles. The smallest absolute Gasteiger partial charge is 0.169 e. The number of nitrogens with zero attached hydrogens (tertiary/aromatic N) is 1. The van der Waals surface area contributed by atoms with Gasteiger partial charge in [0.15, 0.2) is 12.4 Å². The number of hydrogen-bond donors (Lipinski definition) is 0. The van der Waals surface area contributed by atoms with Gasteiger partial charge in [0.1, 0.15) is 15.1 Å². The Kier molecular flexibility index (Phi) is 2.89. The summed E-state index contributed by atoms with van der Waals surface area (Å²) in [5.74, 6) is 3.21. The van der Waals surface area contributed by atoms with Gasteiger partial charge in [0.05, 0.1) is 0 Å². The standard InChI is InChI=1S/C11H16NSi/c1-12-8-5-11(6-9-12)7-10-13(2,3)4/h5-6,8-9H,1-4H3/q+1. The van der Waals surface area contributed by atoms with Crippen LogP contribution in [0.25, 0.3) is 0 Å². The fourth-order valence-corrected chi connectivity index (χ4v) is 1.36. The Morgan fingerprint density at radius 1 is 1.15 bits per heavy atom. The minimum Gasteiger partial charge on any atom is -0.208 e. The van der Waals surface area contributed by atoms with E-state index in [9.17, 15) is 0 Å². The topological polar surface area (TPSA) is 3.88 Å². The molecule has 0 aliphatic heterocycles. The summed E-state index contributed by atoms with van der Waals surface area (Å²) >= 11 is 0. The fraction of sp³-hybridized carbons (Fsp3) is 0.364. The molecule has 0 atom stereocenters. The lowest BCUT2D eigenvalue weighted by molar-refractivity contribution is -0.671. The number of aromatic nitrogens is 1. The molecule has 0 radical (unpaired) electrons. The third kappa shape index (κ3) is 3.91. The van der Waals surface area contributed by atoms with Crippen molar-refractivity contribution in [2.75, 3.05) is 0 Å². The molecule has 0 aromatic carbocycles. The molecule has 0 fully saturated rings. The Labute approximate surface area is 81.4 Å². The predicted molar refractivity (Wildman–Crippen MR) is 57.8 cm³/mol. The van der Waals surface area contributed by atoms with Crippen LogP contribution in [0.15, 0.2) is 24.5 Å². The zero-order chi connectivity index (χ0) is 9.90. The summed E-state index contributed by atoms with van der Waals surface area (Å²) in [4.78, 5) is 0. The van der Waals surface area contributed by atoms with E-state index in [1.807, 2.05) is 36.1 Å². The first-order valence-corrected chi connectivity index (χ1v) is 7.96. The summed E-state index contributed by atoms with van der Waals surface area (Å²) in [5, 5.41) is 0. The maximum Gasteiger partial charge on any atom is 0.169 e. The average molecular weight is 190 g/mol. The van der Waals surface area contributed by atoms with Crippen LogP contribution in [0, 0.1) is 11.5 Å². The lowest BCUT2D eigenvalue weighted by atomic mass is 10.3. The van der Waals surface area contributed by atoms with Crippen LogP contribution in [0.2, 0.25) is 19.6 Å². The van der Waals surface area contributed by atoms with E-state index < -0.39 is 8.07 Å². The number of aryl methyl sites for hydroxylation is 1. The van der Waals surface area contributed by atoms with E-state index in [-0.39, 0.29) is 0 Å². The lowest BCUT2D eigenvalue weighted by Gasteiger charge is -2.02. The van der Waals surface area contributed by atoms with Crippen LogP contribution in [-0.2, 0) is 7.05 Å². The Bertz CT molecular complexity index is 335. The highest BCUT2D eigenvalue weighted by atomic mass is 28.3. The fourth-order valence-electron chi connectivity index (χ4n) is 0.844. The second-order valence-electron chi connectivity index (χ2n) is 4.25. The highest BCUT2D eigenvalue weighted by Crippen LogP contribution is 1.98. The molecular weight excluding hydrogens is 174 g/mol. The molecule has 0 saturated carbocycles. The molecule has 1 aromatic rings. The zero-order valence-corrected chi connectivity index (χ0v) is 9.76. The molecular formula is C11H16NSi+. The van der Waals surface area contributed by atoms with E-state index >= 15 is 0 Å². The Balaban J connectivity index is 2.85. The van der Waals surface area contributed by atoms with Crippen molar-refractivity contribution in [1.29, 1.82) is 0 Å². The zero-order valence-electron chi connectivity index (χ0n) is 8.76. The number of hydrogen-bond acceptors (Lipinski definition) is 0. The Morgan fingerprint density at radius 3 is 2.15 bits per heavy atom. The second kappa shape index (κ2) is 3.76. The minimum atomic E-state index is -1.22. The highest BCUT2D eigenvalue weighted by molar-refractivity contribution is 6.83. The molecule has 1 rings (SSSR count). The molecule has 68 valence electrons. The first-order chi connectivity index (χ1) is 5.97. The van der Waals surface area contributed by atoms with E-state index in [2.05, 4.69) is 31.1 Å². The van der Waals surface area contributed by atoms with Crippen molar-refractivity contribution in [2.45, 2.75) is 19.6 Å². The SMILES string of the molecule is C[n+]1ccc(C#C[Si](C)(C)C)cc1. The first-order valence-electron chi connectivity index (χ1n) is 4.46. The van der Waals surface area contributed by atoms with Crippen molar-refractivity contribution >= 4 is 8.07 Å². The van der Waals surface area contributed by atoms with E-state index in [0.29, 0.717) is 0 Å². The van der Waals surface area contributed by atoms with E-state index in [1.165, 1.54) is 0 Å². The van der Waals surface area contributed by atoms with Crippen molar-refractivity contribution in [2.24, 2.45) is 7.05 Å². The van der Waals surface area contributed by atoms with Crippen LogP contribution in [0.4, 0.5) is 0 Å². The molecule has 0 aliphatic carbocycles. The molecule has 0 N–H and O–H groups in total. The van der Waals surface area contributed by atoms with Gasteiger partial charge in [-0.25, -0.2) is 4.57 Å². The summed E-state index contributed by atoms with van der Waals surface area (Å²) in [7, 11) is 0.788. The quantitative estimate of drug-likeness (QED) is 0.333. The molecule has 1 nitrogen and oxygen atoms in total. The molecule has 0 bridgehead atoms. The molecule has 1 heterocycles. The van der Waals surface area contributed by atoms with Crippen LogP contribution in [-0.4, -0.2) is 8.07 Å². The van der Waals surface area contributed by atoms with Gasteiger partial charge in [-0.3, -0.25) is 0 Å². The molecule has 13 heavy (non-hydrogen) atoms. The van der Waals surface area contributed by atoms with Gasteiger partial charge in [-0.15, -0.1) is 5.54 Å². The Morgan fingerprint density at radius 2 is 1.69 bits per heavy atom. The summed E-state index contributed by atoms with van der Waals surface area (Å²) in [6.45, 7) is 6.76. The number of pyridine rings is 1. The van der Waals surface area contributed by atoms with Crippen LogP contribution in [0.1, 0.15) is 5.56 Å². The molecule has 0 spiro atoms. The van der Waals surface area contributed by atoms with Gasteiger partial charge < -0.3 is 0 Å². The third-order valence-corrected chi connectivity index (χ3v) is 2.44. The van der Waals surface area contributed by atoms with Crippen molar-refractivity contribution in [3.05, 3.63) is 30.1 Å². The van der Waals surface area contributed by atoms with Crippen molar-refractivity contribution in [3.8, 4) is 11.5 Å². The monoisotopic (exact) mass is 190 g/mol. The van der Waals surface area contributed by atoms with Crippen molar-refractivity contribution < 1.29 is 4.57 Å². The van der Waals surface area contributed by atoms with Crippen LogP contribution in [0.5, 0.6) is 0 Å². The third-order valence-electron chi connectivity index (χ3n) is 1.56. The highest BCUT2D eigenvalue weighted by Gasteiger charge is 2.07. The second-order valence-corrected chi connectivity index (χ2v) is 9.00. The van der Waals surface area contributed by atoms with Gasteiger partial charge in [-0.1, -0.05) is 25.6 Å². The maximum absolute atomic E-state index is 3.34. The lowest BCUT2D eigenvalue weighted by Crippen LogP contribution is -2.25. The molecule has 0 amide bonds. The van der Waals surface area contributed by atoms with E-state index in [1.54, 1.807) is 0 Å².